The lowest BCUT2D eigenvalue weighted by atomic mass is 9.89. The highest BCUT2D eigenvalue weighted by atomic mass is 32.2. The Bertz CT molecular complexity index is 1180. The van der Waals surface area contributed by atoms with Crippen molar-refractivity contribution in [2.75, 3.05) is 33.4 Å². The van der Waals surface area contributed by atoms with Gasteiger partial charge in [-0.3, -0.25) is 4.79 Å². The summed E-state index contributed by atoms with van der Waals surface area (Å²) in [4.78, 5) is 13.6. The molecule has 0 saturated carbocycles. The van der Waals surface area contributed by atoms with Gasteiger partial charge in [-0.1, -0.05) is 30.3 Å². The molecule has 3 unspecified atom stereocenters. The molecule has 0 bridgehead atoms. The Morgan fingerprint density at radius 2 is 1.95 bits per heavy atom. The number of carbonyl (C=O) groups excluding carboxylic acids is 1. The van der Waals surface area contributed by atoms with Crippen molar-refractivity contribution < 1.29 is 23.1 Å². The number of nitrogens with zero attached hydrogens (tertiary/aromatic N) is 4. The Hall–Kier alpha value is -1.76. The van der Waals surface area contributed by atoms with Crippen LogP contribution in [0.2, 0.25) is 0 Å². The van der Waals surface area contributed by atoms with Crippen molar-refractivity contribution in [2.24, 2.45) is 5.41 Å². The van der Waals surface area contributed by atoms with Gasteiger partial charge in [-0.25, -0.2) is 0 Å². The van der Waals surface area contributed by atoms with E-state index in [0.717, 1.165) is 22.7 Å². The van der Waals surface area contributed by atoms with Crippen LogP contribution in [0.25, 0.3) is 0 Å². The summed E-state index contributed by atoms with van der Waals surface area (Å²) in [5, 5.41) is 15.4. The standard InChI is InChI=1S/C26H38N4O5S2/c1-19-22(11-8-13-29(19)37(33,34)28-14-12-21(31)16-28)23-15-24(36-17-20-9-6-5-7-10-20)30(27-23)25(32)26(2,3)18-35-4/h5-7,9-10,15,19,21-22,31H,8,11-14,16-18H2,1-4H3. The fourth-order valence-corrected chi connectivity index (χ4v) is 8.03. The summed E-state index contributed by atoms with van der Waals surface area (Å²) in [7, 11) is -2.12. The van der Waals surface area contributed by atoms with Crippen LogP contribution < -0.4 is 0 Å². The van der Waals surface area contributed by atoms with E-state index in [-0.39, 0.29) is 31.0 Å². The lowest BCUT2D eigenvalue weighted by Crippen LogP contribution is -2.51. The number of thioether (sulfide) groups is 1. The van der Waals surface area contributed by atoms with Gasteiger partial charge < -0.3 is 9.84 Å². The maximum absolute atomic E-state index is 13.6. The monoisotopic (exact) mass is 550 g/mol. The first kappa shape index (κ1) is 28.3. The molecule has 4 rings (SSSR count). The highest BCUT2D eigenvalue weighted by Gasteiger charge is 2.42. The largest absolute Gasteiger partial charge is 0.392 e. The van der Waals surface area contributed by atoms with Crippen LogP contribution in [-0.4, -0.2) is 83.3 Å². The van der Waals surface area contributed by atoms with Crippen LogP contribution in [0, 0.1) is 5.41 Å². The van der Waals surface area contributed by atoms with Gasteiger partial charge >= 0.3 is 0 Å². The minimum Gasteiger partial charge on any atom is -0.392 e. The first-order chi connectivity index (χ1) is 17.5. The molecule has 2 aliphatic heterocycles. The normalized spacial score (nSPS) is 24.0. The van der Waals surface area contributed by atoms with E-state index in [4.69, 9.17) is 9.84 Å². The lowest BCUT2D eigenvalue weighted by Gasteiger charge is -2.39. The average Bonchev–Trinajstić information content (AvgIpc) is 3.49. The zero-order valence-corrected chi connectivity index (χ0v) is 23.7. The Morgan fingerprint density at radius 1 is 1.22 bits per heavy atom. The molecule has 0 spiro atoms. The van der Waals surface area contributed by atoms with Crippen molar-refractivity contribution in [1.29, 1.82) is 0 Å². The number of carbonyl (C=O) groups is 1. The van der Waals surface area contributed by atoms with Crippen LogP contribution in [0.1, 0.15) is 62.0 Å². The third-order valence-electron chi connectivity index (χ3n) is 7.26. The maximum Gasteiger partial charge on any atom is 0.282 e. The molecule has 0 radical (unpaired) electrons. The van der Waals surface area contributed by atoms with Crippen molar-refractivity contribution in [2.45, 2.75) is 68.9 Å². The van der Waals surface area contributed by atoms with Gasteiger partial charge in [0, 0.05) is 44.5 Å². The fourth-order valence-electron chi connectivity index (χ4n) is 5.15. The summed E-state index contributed by atoms with van der Waals surface area (Å²) in [6.45, 7) is 6.76. The highest BCUT2D eigenvalue weighted by Crippen LogP contribution is 2.37. The first-order valence-electron chi connectivity index (χ1n) is 12.8. The number of hydrogen-bond donors (Lipinski definition) is 1. The van der Waals surface area contributed by atoms with Crippen molar-refractivity contribution in [1.82, 2.24) is 18.4 Å². The van der Waals surface area contributed by atoms with Crippen LogP contribution in [0.3, 0.4) is 0 Å². The fraction of sp³-hybridized carbons (Fsp3) is 0.615. The molecular formula is C26H38N4O5S2. The van der Waals surface area contributed by atoms with Crippen LogP contribution in [0.4, 0.5) is 0 Å². The van der Waals surface area contributed by atoms with Gasteiger partial charge in [0.05, 0.1) is 23.8 Å². The second-order valence-electron chi connectivity index (χ2n) is 10.6. The lowest BCUT2D eigenvalue weighted by molar-refractivity contribution is 0.0513. The van der Waals surface area contributed by atoms with Crippen molar-refractivity contribution in [3.05, 3.63) is 47.7 Å². The van der Waals surface area contributed by atoms with E-state index in [0.29, 0.717) is 31.7 Å². The Kier molecular flexibility index (Phi) is 8.82. The van der Waals surface area contributed by atoms with E-state index in [1.54, 1.807) is 23.2 Å². The third kappa shape index (κ3) is 6.12. The molecule has 37 heavy (non-hydrogen) atoms. The van der Waals surface area contributed by atoms with Crippen LogP contribution in [-0.2, 0) is 20.7 Å². The number of aromatic nitrogens is 2. The van der Waals surface area contributed by atoms with Gasteiger partial charge in [0.25, 0.3) is 16.1 Å². The summed E-state index contributed by atoms with van der Waals surface area (Å²) in [6.07, 6.45) is 1.32. The van der Waals surface area contributed by atoms with Crippen molar-refractivity contribution >= 4 is 27.9 Å². The van der Waals surface area contributed by atoms with Crippen LogP contribution >= 0.6 is 11.8 Å². The van der Waals surface area contributed by atoms with E-state index < -0.39 is 21.7 Å². The molecule has 1 N–H and O–H groups in total. The molecule has 204 valence electrons. The molecule has 2 fully saturated rings. The second kappa shape index (κ2) is 11.5. The number of β-amino-alcohol motifs (C(OH)–C–C–N with tert-alkyl or cyclic N) is 1. The second-order valence-corrected chi connectivity index (χ2v) is 13.5. The Morgan fingerprint density at radius 3 is 2.59 bits per heavy atom. The Balaban J connectivity index is 1.63. The predicted octanol–water partition coefficient (Wildman–Crippen LogP) is 3.37. The van der Waals surface area contributed by atoms with Gasteiger partial charge in [0.15, 0.2) is 0 Å². The van der Waals surface area contributed by atoms with Gasteiger partial charge in [-0.05, 0) is 51.7 Å². The van der Waals surface area contributed by atoms with Gasteiger partial charge in [0.2, 0.25) is 0 Å². The van der Waals surface area contributed by atoms with E-state index in [1.807, 2.05) is 57.2 Å². The summed E-state index contributed by atoms with van der Waals surface area (Å²) in [5.41, 5.74) is 1.09. The molecule has 3 atom stereocenters. The molecule has 0 aliphatic carbocycles. The number of aliphatic hydroxyl groups excluding tert-OH is 1. The first-order valence-corrected chi connectivity index (χ1v) is 15.2. The summed E-state index contributed by atoms with van der Waals surface area (Å²) >= 11 is 1.55. The van der Waals surface area contributed by atoms with Crippen LogP contribution in [0.5, 0.6) is 0 Å². The number of benzene rings is 1. The summed E-state index contributed by atoms with van der Waals surface area (Å²) in [5.74, 6) is 0.379. The van der Waals surface area contributed by atoms with E-state index in [2.05, 4.69) is 0 Å². The molecule has 1 aromatic heterocycles. The number of rotatable bonds is 9. The summed E-state index contributed by atoms with van der Waals surface area (Å²) in [6, 6.07) is 11.7. The average molecular weight is 551 g/mol. The molecule has 2 aliphatic rings. The molecule has 9 nitrogen and oxygen atoms in total. The van der Waals surface area contributed by atoms with E-state index in [9.17, 15) is 18.3 Å². The molecular weight excluding hydrogens is 512 g/mol. The number of ether oxygens (including phenoxy) is 1. The molecule has 2 saturated heterocycles. The minimum absolute atomic E-state index is 0.133. The Labute approximate surface area is 224 Å². The maximum atomic E-state index is 13.6. The van der Waals surface area contributed by atoms with Gasteiger partial charge in [0.1, 0.15) is 5.03 Å². The topological polar surface area (TPSA) is 105 Å². The highest BCUT2D eigenvalue weighted by molar-refractivity contribution is 7.98. The van der Waals surface area contributed by atoms with Crippen LogP contribution in [0.15, 0.2) is 41.4 Å². The van der Waals surface area contributed by atoms with E-state index in [1.165, 1.54) is 8.99 Å². The smallest absolute Gasteiger partial charge is 0.282 e. The van der Waals surface area contributed by atoms with E-state index >= 15 is 0 Å². The molecule has 1 aromatic carbocycles. The number of aliphatic hydroxyl groups is 1. The number of methoxy groups -OCH3 is 1. The molecule has 2 aromatic rings. The third-order valence-corrected chi connectivity index (χ3v) is 10.4. The SMILES string of the molecule is COCC(C)(C)C(=O)n1nc(C2CCCN(S(=O)(=O)N3CCC(O)C3)C2C)cc1SCc1ccccc1. The molecule has 0 amide bonds. The summed E-state index contributed by atoms with van der Waals surface area (Å²) < 4.78 is 36.5. The van der Waals surface area contributed by atoms with Gasteiger partial charge in [-0.15, -0.1) is 11.8 Å². The minimum atomic E-state index is -3.70. The number of piperidine rings is 1. The predicted molar refractivity (Wildman–Crippen MR) is 144 cm³/mol. The number of hydrogen-bond acceptors (Lipinski definition) is 7. The quantitative estimate of drug-likeness (QED) is 0.478. The molecule has 3 heterocycles. The van der Waals surface area contributed by atoms with Crippen molar-refractivity contribution in [3.8, 4) is 0 Å². The zero-order valence-electron chi connectivity index (χ0n) is 22.0. The zero-order chi connectivity index (χ0) is 26.8. The van der Waals surface area contributed by atoms with Crippen molar-refractivity contribution in [3.63, 3.8) is 0 Å². The van der Waals surface area contributed by atoms with Gasteiger partial charge in [-0.2, -0.15) is 26.8 Å². The molecule has 11 heteroatoms.